The Morgan fingerprint density at radius 2 is 1.90 bits per heavy atom. The third-order valence-corrected chi connectivity index (χ3v) is 4.63. The maximum atomic E-state index is 12.9. The molecule has 0 bridgehead atoms. The molecule has 146 valence electrons. The predicted octanol–water partition coefficient (Wildman–Crippen LogP) is 4.61. The first-order valence-electron chi connectivity index (χ1n) is 9.06. The summed E-state index contributed by atoms with van der Waals surface area (Å²) < 4.78 is 11.4. The van der Waals surface area contributed by atoms with Crippen LogP contribution in [0.4, 0.5) is 0 Å². The quantitative estimate of drug-likeness (QED) is 0.528. The molecule has 0 aliphatic heterocycles. The van der Waals surface area contributed by atoms with Crippen LogP contribution in [-0.2, 0) is 6.61 Å². The number of carboxylic acids is 1. The van der Waals surface area contributed by atoms with Gasteiger partial charge in [0.1, 0.15) is 24.2 Å². The summed E-state index contributed by atoms with van der Waals surface area (Å²) >= 11 is 0. The van der Waals surface area contributed by atoms with Gasteiger partial charge in [0.25, 0.3) is 0 Å². The number of ether oxygens (including phenoxy) is 1. The van der Waals surface area contributed by atoms with E-state index in [0.717, 1.165) is 0 Å². The molecule has 0 unspecified atom stereocenters. The highest BCUT2D eigenvalue weighted by atomic mass is 16.5. The fraction of sp³-hybridized carbons (Fsp3) is 0.0417. The van der Waals surface area contributed by atoms with Gasteiger partial charge in [0.2, 0.25) is 0 Å². The van der Waals surface area contributed by atoms with E-state index in [0.29, 0.717) is 39.0 Å². The molecule has 1 heterocycles. The molecule has 0 fully saturated rings. The molecule has 4 aromatic rings. The number of hydrogen-bond donors (Lipinski definition) is 1. The molecule has 1 aromatic heterocycles. The number of hydrogen-bond acceptors (Lipinski definition) is 5. The zero-order chi connectivity index (χ0) is 21.1. The Kier molecular flexibility index (Phi) is 5.02. The van der Waals surface area contributed by atoms with E-state index in [1.165, 1.54) is 12.3 Å². The van der Waals surface area contributed by atoms with Gasteiger partial charge >= 0.3 is 5.97 Å². The molecular weight excluding hydrogens is 382 g/mol. The minimum atomic E-state index is -1.000. The standard InChI is InChI=1S/C24H15NO5/c25-12-15-3-1-5-17(9-15)21-14-30-22-11-19(7-8-20(22)23(21)26)29-13-16-4-2-6-18(10-16)24(27)28/h1-11,14H,13H2,(H,27,28). The smallest absolute Gasteiger partial charge is 0.335 e. The van der Waals surface area contributed by atoms with Crippen LogP contribution in [0.15, 0.2) is 82.2 Å². The number of carboxylic acid groups (broad SMARTS) is 1. The molecule has 6 heteroatoms. The highest BCUT2D eigenvalue weighted by molar-refractivity contribution is 5.87. The molecule has 4 rings (SSSR count). The molecule has 0 radical (unpaired) electrons. The third kappa shape index (κ3) is 3.77. The van der Waals surface area contributed by atoms with Gasteiger partial charge in [-0.3, -0.25) is 4.79 Å². The third-order valence-electron chi connectivity index (χ3n) is 4.63. The second-order valence-corrected chi connectivity index (χ2v) is 6.62. The van der Waals surface area contributed by atoms with Crippen molar-refractivity contribution in [1.29, 1.82) is 5.26 Å². The zero-order valence-electron chi connectivity index (χ0n) is 15.7. The van der Waals surface area contributed by atoms with Crippen LogP contribution in [0.5, 0.6) is 5.75 Å². The van der Waals surface area contributed by atoms with E-state index in [4.69, 9.17) is 19.5 Å². The van der Waals surface area contributed by atoms with Gasteiger partial charge in [-0.1, -0.05) is 24.3 Å². The maximum absolute atomic E-state index is 12.9. The summed E-state index contributed by atoms with van der Waals surface area (Å²) in [5, 5.41) is 18.5. The first-order chi connectivity index (χ1) is 14.5. The van der Waals surface area contributed by atoms with Crippen molar-refractivity contribution in [3.05, 3.63) is 99.9 Å². The molecule has 0 aliphatic rings. The monoisotopic (exact) mass is 397 g/mol. The predicted molar refractivity (Wildman–Crippen MR) is 110 cm³/mol. The van der Waals surface area contributed by atoms with Gasteiger partial charge in [0.15, 0.2) is 5.43 Å². The first kappa shape index (κ1) is 19.0. The number of nitrogens with zero attached hydrogens (tertiary/aromatic N) is 1. The Balaban J connectivity index is 1.61. The van der Waals surface area contributed by atoms with Crippen LogP contribution in [0.3, 0.4) is 0 Å². The van der Waals surface area contributed by atoms with Crippen LogP contribution >= 0.6 is 0 Å². The van der Waals surface area contributed by atoms with Crippen molar-refractivity contribution in [3.8, 4) is 22.9 Å². The molecule has 0 saturated heterocycles. The van der Waals surface area contributed by atoms with Crippen LogP contribution in [0, 0.1) is 11.3 Å². The van der Waals surface area contributed by atoms with Crippen molar-refractivity contribution in [2.24, 2.45) is 0 Å². The van der Waals surface area contributed by atoms with Crippen molar-refractivity contribution in [3.63, 3.8) is 0 Å². The van der Waals surface area contributed by atoms with Crippen LogP contribution < -0.4 is 10.2 Å². The number of carbonyl (C=O) groups is 1. The van der Waals surface area contributed by atoms with Gasteiger partial charge in [0, 0.05) is 6.07 Å². The van der Waals surface area contributed by atoms with E-state index in [-0.39, 0.29) is 17.6 Å². The lowest BCUT2D eigenvalue weighted by Crippen LogP contribution is -2.05. The molecule has 1 N–H and O–H groups in total. The molecule has 30 heavy (non-hydrogen) atoms. The summed E-state index contributed by atoms with van der Waals surface area (Å²) in [5.74, 6) is -0.508. The summed E-state index contributed by atoms with van der Waals surface area (Å²) in [6.45, 7) is 0.176. The Hall–Kier alpha value is -4.37. The lowest BCUT2D eigenvalue weighted by molar-refractivity contribution is 0.0696. The Labute approximate surface area is 171 Å². The summed E-state index contributed by atoms with van der Waals surface area (Å²) in [6, 6.07) is 20.2. The number of fused-ring (bicyclic) bond motifs is 1. The fourth-order valence-electron chi connectivity index (χ4n) is 3.11. The number of rotatable bonds is 5. The average molecular weight is 397 g/mol. The van der Waals surface area contributed by atoms with E-state index in [9.17, 15) is 9.59 Å². The molecule has 3 aromatic carbocycles. The molecule has 6 nitrogen and oxygen atoms in total. The van der Waals surface area contributed by atoms with Crippen molar-refractivity contribution in [2.45, 2.75) is 6.61 Å². The minimum absolute atomic E-state index is 0.176. The van der Waals surface area contributed by atoms with E-state index >= 15 is 0 Å². The largest absolute Gasteiger partial charge is 0.489 e. The summed E-state index contributed by atoms with van der Waals surface area (Å²) in [4.78, 5) is 24.0. The van der Waals surface area contributed by atoms with Gasteiger partial charge in [-0.05, 0) is 47.5 Å². The highest BCUT2D eigenvalue weighted by Gasteiger charge is 2.11. The van der Waals surface area contributed by atoms with Crippen molar-refractivity contribution in [1.82, 2.24) is 0 Å². The molecular formula is C24H15NO5. The van der Waals surface area contributed by atoms with Gasteiger partial charge < -0.3 is 14.3 Å². The number of benzene rings is 3. The van der Waals surface area contributed by atoms with Crippen LogP contribution in [0.2, 0.25) is 0 Å². The van der Waals surface area contributed by atoms with Crippen molar-refractivity contribution >= 4 is 16.9 Å². The van der Waals surface area contributed by atoms with Gasteiger partial charge in [0.05, 0.1) is 28.1 Å². The fourth-order valence-corrected chi connectivity index (χ4v) is 3.11. The van der Waals surface area contributed by atoms with Crippen molar-refractivity contribution < 1.29 is 19.1 Å². The molecule has 0 spiro atoms. The second-order valence-electron chi connectivity index (χ2n) is 6.62. The Morgan fingerprint density at radius 3 is 2.70 bits per heavy atom. The topological polar surface area (TPSA) is 101 Å². The SMILES string of the molecule is N#Cc1cccc(-c2coc3cc(OCc4cccc(C(=O)O)c4)ccc3c2=O)c1. The second kappa shape index (κ2) is 7.94. The minimum Gasteiger partial charge on any atom is -0.489 e. The average Bonchev–Trinajstić information content (AvgIpc) is 2.78. The number of aromatic carboxylic acids is 1. The Bertz CT molecular complexity index is 1360. The van der Waals surface area contributed by atoms with Gasteiger partial charge in [-0.15, -0.1) is 0 Å². The highest BCUT2D eigenvalue weighted by Crippen LogP contribution is 2.24. The maximum Gasteiger partial charge on any atom is 0.335 e. The molecule has 0 amide bonds. The first-order valence-corrected chi connectivity index (χ1v) is 9.06. The van der Waals surface area contributed by atoms with Crippen LogP contribution in [0.1, 0.15) is 21.5 Å². The lowest BCUT2D eigenvalue weighted by Gasteiger charge is -2.08. The Morgan fingerprint density at radius 1 is 1.07 bits per heavy atom. The van der Waals surface area contributed by atoms with Gasteiger partial charge in [-0.2, -0.15) is 5.26 Å². The van der Waals surface area contributed by atoms with Crippen LogP contribution in [-0.4, -0.2) is 11.1 Å². The lowest BCUT2D eigenvalue weighted by atomic mass is 10.0. The summed E-state index contributed by atoms with van der Waals surface area (Å²) in [7, 11) is 0. The van der Waals surface area contributed by atoms with Crippen molar-refractivity contribution in [2.75, 3.05) is 0 Å². The van der Waals surface area contributed by atoms with E-state index < -0.39 is 5.97 Å². The normalized spacial score (nSPS) is 10.5. The van der Waals surface area contributed by atoms with E-state index in [1.54, 1.807) is 60.7 Å². The zero-order valence-corrected chi connectivity index (χ0v) is 15.7. The molecule has 0 atom stereocenters. The summed E-state index contributed by atoms with van der Waals surface area (Å²) in [5.41, 5.74) is 2.52. The number of nitriles is 1. The summed E-state index contributed by atoms with van der Waals surface area (Å²) in [6.07, 6.45) is 1.38. The van der Waals surface area contributed by atoms with Gasteiger partial charge in [-0.25, -0.2) is 4.79 Å². The van der Waals surface area contributed by atoms with E-state index in [2.05, 4.69) is 6.07 Å². The molecule has 0 saturated carbocycles. The van der Waals surface area contributed by atoms with E-state index in [1.807, 2.05) is 0 Å². The van der Waals surface area contributed by atoms with Crippen LogP contribution in [0.25, 0.3) is 22.1 Å². The molecule has 0 aliphatic carbocycles.